The zero-order valence-corrected chi connectivity index (χ0v) is 13.4. The van der Waals surface area contributed by atoms with Crippen LogP contribution in [0.4, 0.5) is 0 Å². The summed E-state index contributed by atoms with van der Waals surface area (Å²) in [4.78, 5) is 14.7. The third-order valence-electron chi connectivity index (χ3n) is 3.80. The van der Waals surface area contributed by atoms with Gasteiger partial charge in [0.05, 0.1) is 12.8 Å². The van der Waals surface area contributed by atoms with Crippen molar-refractivity contribution < 1.29 is 9.21 Å². The van der Waals surface area contributed by atoms with E-state index >= 15 is 0 Å². The van der Waals surface area contributed by atoms with Gasteiger partial charge in [-0.15, -0.1) is 0 Å². The number of hydrogen-bond donors (Lipinski definition) is 0. The van der Waals surface area contributed by atoms with E-state index in [9.17, 15) is 4.79 Å². The van der Waals surface area contributed by atoms with E-state index in [0.717, 1.165) is 28.9 Å². The average Bonchev–Trinajstić information content (AvgIpc) is 3.21. The number of benzene rings is 1. The first-order valence-corrected chi connectivity index (χ1v) is 8.07. The van der Waals surface area contributed by atoms with Crippen LogP contribution >= 0.6 is 15.9 Å². The van der Waals surface area contributed by atoms with Crippen LogP contribution in [0.15, 0.2) is 51.6 Å². The van der Waals surface area contributed by atoms with Gasteiger partial charge in [-0.1, -0.05) is 34.1 Å². The van der Waals surface area contributed by atoms with Gasteiger partial charge in [-0.25, -0.2) is 0 Å². The minimum Gasteiger partial charge on any atom is -0.468 e. The van der Waals surface area contributed by atoms with E-state index in [1.54, 1.807) is 6.26 Å². The molecule has 21 heavy (non-hydrogen) atoms. The van der Waals surface area contributed by atoms with Crippen LogP contribution in [-0.4, -0.2) is 23.3 Å². The molecule has 4 heteroatoms. The summed E-state index contributed by atoms with van der Waals surface area (Å²) in [5.41, 5.74) is 0.770. The maximum Gasteiger partial charge on any atom is 0.165 e. The van der Waals surface area contributed by atoms with Gasteiger partial charge in [0.1, 0.15) is 5.76 Å². The van der Waals surface area contributed by atoms with Gasteiger partial charge in [-0.2, -0.15) is 0 Å². The third-order valence-corrected chi connectivity index (χ3v) is 4.49. The van der Waals surface area contributed by atoms with Gasteiger partial charge in [0.2, 0.25) is 0 Å². The number of nitrogens with zero attached hydrogens (tertiary/aromatic N) is 1. The molecule has 0 amide bonds. The zero-order valence-electron chi connectivity index (χ0n) is 11.8. The van der Waals surface area contributed by atoms with Crippen molar-refractivity contribution in [3.8, 4) is 0 Å². The highest BCUT2D eigenvalue weighted by molar-refractivity contribution is 9.10. The monoisotopic (exact) mass is 347 g/mol. The lowest BCUT2D eigenvalue weighted by molar-refractivity contribution is 0.0957. The van der Waals surface area contributed by atoms with Crippen molar-refractivity contribution in [3.05, 3.63) is 58.5 Å². The molecular formula is C17H18BrNO2. The van der Waals surface area contributed by atoms with Crippen LogP contribution < -0.4 is 0 Å². The highest BCUT2D eigenvalue weighted by atomic mass is 79.9. The number of furan rings is 1. The number of Topliss-reactive ketones (excluding diaryl/α,β-unsaturated/α-hetero) is 1. The van der Waals surface area contributed by atoms with Crippen LogP contribution in [-0.2, 0) is 6.54 Å². The van der Waals surface area contributed by atoms with E-state index in [2.05, 4.69) is 20.8 Å². The predicted octanol–water partition coefficient (Wildman–Crippen LogP) is 4.28. The Morgan fingerprint density at radius 1 is 1.24 bits per heavy atom. The van der Waals surface area contributed by atoms with Gasteiger partial charge < -0.3 is 4.42 Å². The molecule has 0 atom stereocenters. The minimum atomic E-state index is 0.188. The zero-order chi connectivity index (χ0) is 14.7. The summed E-state index contributed by atoms with van der Waals surface area (Å²) in [6.07, 6.45) is 4.69. The number of carbonyl (C=O) groups excluding carboxylic acids is 1. The van der Waals surface area contributed by atoms with Crippen molar-refractivity contribution in [3.63, 3.8) is 0 Å². The van der Waals surface area contributed by atoms with E-state index in [0.29, 0.717) is 12.5 Å². The van der Waals surface area contributed by atoms with Crippen molar-refractivity contribution in [2.24, 2.45) is 0 Å². The first-order chi connectivity index (χ1) is 10.2. The highest BCUT2D eigenvalue weighted by Gasteiger charge is 2.29. The molecule has 0 aliphatic heterocycles. The van der Waals surface area contributed by atoms with Crippen molar-refractivity contribution >= 4 is 21.7 Å². The molecule has 1 aliphatic carbocycles. The second-order valence-corrected chi connectivity index (χ2v) is 6.29. The van der Waals surface area contributed by atoms with Crippen LogP contribution in [0.2, 0.25) is 0 Å². The Hall–Kier alpha value is -1.39. The van der Waals surface area contributed by atoms with Crippen LogP contribution in [0.1, 0.15) is 35.4 Å². The minimum absolute atomic E-state index is 0.188. The molecule has 1 saturated carbocycles. The van der Waals surface area contributed by atoms with Crippen molar-refractivity contribution in [2.45, 2.75) is 31.8 Å². The summed E-state index contributed by atoms with van der Waals surface area (Å²) in [5, 5.41) is 0. The van der Waals surface area contributed by atoms with Crippen molar-refractivity contribution in [1.29, 1.82) is 0 Å². The molecule has 3 rings (SSSR count). The number of ketones is 1. The highest BCUT2D eigenvalue weighted by Crippen LogP contribution is 2.29. The van der Waals surface area contributed by atoms with E-state index in [1.807, 2.05) is 36.4 Å². The van der Waals surface area contributed by atoms with Gasteiger partial charge in [-0.3, -0.25) is 9.69 Å². The molecule has 0 saturated heterocycles. The smallest absolute Gasteiger partial charge is 0.165 e. The number of hydrogen-bond acceptors (Lipinski definition) is 3. The molecule has 1 aromatic heterocycles. The van der Waals surface area contributed by atoms with Crippen molar-refractivity contribution in [1.82, 2.24) is 4.90 Å². The summed E-state index contributed by atoms with van der Waals surface area (Å²) in [6, 6.07) is 12.1. The summed E-state index contributed by atoms with van der Waals surface area (Å²) >= 11 is 3.44. The summed E-state index contributed by atoms with van der Waals surface area (Å²) in [7, 11) is 0. The predicted molar refractivity (Wildman–Crippen MR) is 85.2 cm³/mol. The van der Waals surface area contributed by atoms with Gasteiger partial charge in [0, 0.05) is 29.0 Å². The Bertz CT molecular complexity index is 605. The fraction of sp³-hybridized carbons (Fsp3) is 0.353. The second kappa shape index (κ2) is 6.58. The lowest BCUT2D eigenvalue weighted by atomic mass is 10.1. The largest absolute Gasteiger partial charge is 0.468 e. The first-order valence-electron chi connectivity index (χ1n) is 7.28. The molecule has 0 N–H and O–H groups in total. The fourth-order valence-electron chi connectivity index (χ4n) is 2.50. The lowest BCUT2D eigenvalue weighted by Gasteiger charge is -2.20. The summed E-state index contributed by atoms with van der Waals surface area (Å²) in [5.74, 6) is 1.16. The molecule has 0 spiro atoms. The summed E-state index contributed by atoms with van der Waals surface area (Å²) < 4.78 is 6.29. The van der Waals surface area contributed by atoms with Gasteiger partial charge >= 0.3 is 0 Å². The van der Waals surface area contributed by atoms with E-state index < -0.39 is 0 Å². The van der Waals surface area contributed by atoms with Crippen LogP contribution in [0.25, 0.3) is 0 Å². The van der Waals surface area contributed by atoms with E-state index in [-0.39, 0.29) is 5.78 Å². The average molecular weight is 348 g/mol. The molecule has 0 bridgehead atoms. The topological polar surface area (TPSA) is 33.5 Å². The standard InChI is InChI=1S/C17H18BrNO2/c18-16-6-2-1-5-15(16)17(20)9-10-19(13-7-8-13)12-14-4-3-11-21-14/h1-6,11,13H,7-10,12H2. The van der Waals surface area contributed by atoms with Crippen LogP contribution in [0.5, 0.6) is 0 Å². The fourth-order valence-corrected chi connectivity index (χ4v) is 3.01. The van der Waals surface area contributed by atoms with Gasteiger partial charge in [0.15, 0.2) is 5.78 Å². The Kier molecular flexibility index (Phi) is 4.56. The van der Waals surface area contributed by atoms with Crippen LogP contribution in [0, 0.1) is 0 Å². The molecule has 1 heterocycles. The number of carbonyl (C=O) groups is 1. The number of halogens is 1. The Morgan fingerprint density at radius 3 is 2.71 bits per heavy atom. The second-order valence-electron chi connectivity index (χ2n) is 5.43. The molecule has 0 unspecified atom stereocenters. The number of rotatable bonds is 7. The SMILES string of the molecule is O=C(CCN(Cc1ccco1)C1CC1)c1ccccc1Br. The lowest BCUT2D eigenvalue weighted by Crippen LogP contribution is -2.28. The molecule has 2 aromatic rings. The molecule has 3 nitrogen and oxygen atoms in total. The molecule has 110 valence electrons. The van der Waals surface area contributed by atoms with Crippen LogP contribution in [0.3, 0.4) is 0 Å². The van der Waals surface area contributed by atoms with E-state index in [4.69, 9.17) is 4.42 Å². The maximum atomic E-state index is 12.3. The normalized spacial score (nSPS) is 14.6. The molecule has 1 aliphatic rings. The first kappa shape index (κ1) is 14.5. The van der Waals surface area contributed by atoms with Gasteiger partial charge in [0.25, 0.3) is 0 Å². The third kappa shape index (κ3) is 3.83. The quantitative estimate of drug-likeness (QED) is 0.701. The molecule has 1 aromatic carbocycles. The Balaban J connectivity index is 1.59. The molecule has 0 radical (unpaired) electrons. The Labute approximate surface area is 133 Å². The maximum absolute atomic E-state index is 12.3. The van der Waals surface area contributed by atoms with Gasteiger partial charge in [-0.05, 0) is 31.0 Å². The van der Waals surface area contributed by atoms with E-state index in [1.165, 1.54) is 12.8 Å². The Morgan fingerprint density at radius 2 is 2.05 bits per heavy atom. The summed E-state index contributed by atoms with van der Waals surface area (Å²) in [6.45, 7) is 1.58. The van der Waals surface area contributed by atoms with Crippen molar-refractivity contribution in [2.75, 3.05) is 6.54 Å². The molecular weight excluding hydrogens is 330 g/mol. The molecule has 1 fully saturated rings.